The van der Waals surface area contributed by atoms with Crippen molar-refractivity contribution in [1.82, 2.24) is 4.90 Å². The van der Waals surface area contributed by atoms with Gasteiger partial charge in [0.1, 0.15) is 0 Å². The maximum atomic E-state index is 11.1. The van der Waals surface area contributed by atoms with E-state index in [2.05, 4.69) is 5.32 Å². The molecule has 0 radical (unpaired) electrons. The second-order valence-corrected chi connectivity index (χ2v) is 6.72. The molecule has 4 N–H and O–H groups in total. The summed E-state index contributed by atoms with van der Waals surface area (Å²) in [5.74, 6) is 0. The zero-order chi connectivity index (χ0) is 14.7. The van der Waals surface area contributed by atoms with Crippen molar-refractivity contribution in [3.05, 3.63) is 24.3 Å². The van der Waals surface area contributed by atoms with E-state index in [0.717, 1.165) is 5.69 Å². The summed E-state index contributed by atoms with van der Waals surface area (Å²) in [5.41, 5.74) is -0.145. The molecule has 108 valence electrons. The lowest BCUT2D eigenvalue weighted by Crippen LogP contribution is -2.43. The zero-order valence-corrected chi connectivity index (χ0v) is 12.2. The van der Waals surface area contributed by atoms with Gasteiger partial charge in [-0.25, -0.2) is 13.6 Å². The van der Waals surface area contributed by atoms with Crippen molar-refractivity contribution < 1.29 is 13.5 Å². The number of sulfonamides is 1. The Morgan fingerprint density at radius 3 is 2.26 bits per heavy atom. The van der Waals surface area contributed by atoms with Crippen LogP contribution in [0.15, 0.2) is 29.2 Å². The number of likely N-dealkylation sites (N-methyl/N-ethyl adjacent to an activating group) is 1. The van der Waals surface area contributed by atoms with Gasteiger partial charge in [-0.1, -0.05) is 0 Å². The normalized spacial score (nSPS) is 15.3. The molecule has 0 saturated carbocycles. The molecule has 1 atom stereocenters. The van der Waals surface area contributed by atoms with E-state index in [9.17, 15) is 13.5 Å². The zero-order valence-electron chi connectivity index (χ0n) is 11.4. The van der Waals surface area contributed by atoms with Crippen LogP contribution in [-0.2, 0) is 10.0 Å². The molecule has 0 aliphatic rings. The molecular weight excluding hydrogens is 266 g/mol. The molecule has 1 rings (SSSR count). The Morgan fingerprint density at radius 2 is 1.84 bits per heavy atom. The second-order valence-electron chi connectivity index (χ2n) is 5.16. The Balaban J connectivity index is 2.64. The fraction of sp³-hybridized carbons (Fsp3) is 0.500. The highest BCUT2D eigenvalue weighted by Crippen LogP contribution is 2.14. The van der Waals surface area contributed by atoms with Gasteiger partial charge in [-0.05, 0) is 45.3 Å². The van der Waals surface area contributed by atoms with E-state index < -0.39 is 15.6 Å². The Labute approximate surface area is 114 Å². The first-order valence-electron chi connectivity index (χ1n) is 5.84. The number of nitrogens with zero attached hydrogens (tertiary/aromatic N) is 1. The lowest BCUT2D eigenvalue weighted by Gasteiger charge is -2.27. The van der Waals surface area contributed by atoms with Crippen LogP contribution >= 0.6 is 0 Å². The van der Waals surface area contributed by atoms with Gasteiger partial charge in [0.05, 0.1) is 10.5 Å². The number of rotatable bonds is 6. The highest BCUT2D eigenvalue weighted by molar-refractivity contribution is 7.89. The van der Waals surface area contributed by atoms with Crippen molar-refractivity contribution in [1.29, 1.82) is 0 Å². The van der Waals surface area contributed by atoms with Crippen LogP contribution < -0.4 is 10.5 Å². The largest absolute Gasteiger partial charge is 0.387 e. The lowest BCUT2D eigenvalue weighted by atomic mass is 10.1. The highest BCUT2D eigenvalue weighted by Gasteiger charge is 2.20. The number of nitrogens with one attached hydrogen (secondary N) is 1. The van der Waals surface area contributed by atoms with Crippen molar-refractivity contribution in [2.24, 2.45) is 5.14 Å². The summed E-state index contributed by atoms with van der Waals surface area (Å²) in [6.45, 7) is 2.62. The third-order valence-electron chi connectivity index (χ3n) is 2.51. The third kappa shape index (κ3) is 5.56. The minimum atomic E-state index is -3.66. The van der Waals surface area contributed by atoms with Crippen LogP contribution in [0.3, 0.4) is 0 Å². The van der Waals surface area contributed by atoms with E-state index in [0.29, 0.717) is 13.1 Å². The molecule has 1 unspecified atom stereocenters. The first-order chi connectivity index (χ1) is 8.60. The standard InChI is InChI=1S/C12H21N3O3S/c1-12(16,9-15(2)3)8-14-10-4-6-11(7-5-10)19(13,17)18/h4-7,14,16H,8-9H2,1-3H3,(H2,13,17,18). The molecule has 0 saturated heterocycles. The van der Waals surface area contributed by atoms with Gasteiger partial charge >= 0.3 is 0 Å². The molecule has 19 heavy (non-hydrogen) atoms. The summed E-state index contributed by atoms with van der Waals surface area (Å²) in [5, 5.41) is 18.2. The molecule has 0 aromatic heterocycles. The van der Waals surface area contributed by atoms with E-state index >= 15 is 0 Å². The van der Waals surface area contributed by atoms with Crippen molar-refractivity contribution in [3.63, 3.8) is 0 Å². The molecule has 0 spiro atoms. The molecule has 0 aliphatic heterocycles. The molecule has 0 fully saturated rings. The summed E-state index contributed by atoms with van der Waals surface area (Å²) >= 11 is 0. The van der Waals surface area contributed by atoms with Crippen LogP contribution in [0.25, 0.3) is 0 Å². The van der Waals surface area contributed by atoms with Crippen molar-refractivity contribution >= 4 is 15.7 Å². The topological polar surface area (TPSA) is 95.7 Å². The highest BCUT2D eigenvalue weighted by atomic mass is 32.2. The SMILES string of the molecule is CN(C)CC(C)(O)CNc1ccc(S(N)(=O)=O)cc1. The first kappa shape index (κ1) is 15.9. The van der Waals surface area contributed by atoms with Crippen molar-refractivity contribution in [2.75, 3.05) is 32.5 Å². The summed E-state index contributed by atoms with van der Waals surface area (Å²) < 4.78 is 22.2. The third-order valence-corrected chi connectivity index (χ3v) is 3.44. The van der Waals surface area contributed by atoms with Gasteiger partial charge in [-0.3, -0.25) is 0 Å². The van der Waals surface area contributed by atoms with E-state index in [1.165, 1.54) is 12.1 Å². The molecule has 1 aromatic rings. The number of primary sulfonamides is 1. The van der Waals surface area contributed by atoms with Gasteiger partial charge in [0.25, 0.3) is 0 Å². The predicted octanol–water partition coefficient (Wildman–Crippen LogP) is 0.0585. The number of hydrogen-bond acceptors (Lipinski definition) is 5. The average molecular weight is 287 g/mol. The van der Waals surface area contributed by atoms with Crippen LogP contribution in [0.4, 0.5) is 5.69 Å². The Hall–Kier alpha value is -1.15. The van der Waals surface area contributed by atoms with Gasteiger partial charge in [-0.15, -0.1) is 0 Å². The first-order valence-corrected chi connectivity index (χ1v) is 7.39. The lowest BCUT2D eigenvalue weighted by molar-refractivity contribution is 0.0460. The quantitative estimate of drug-likeness (QED) is 0.687. The van der Waals surface area contributed by atoms with Crippen LogP contribution in [-0.4, -0.2) is 51.2 Å². The summed E-state index contributed by atoms with van der Waals surface area (Å²) in [4.78, 5) is 1.96. The van der Waals surface area contributed by atoms with E-state index in [1.54, 1.807) is 19.1 Å². The second kappa shape index (κ2) is 5.87. The van der Waals surface area contributed by atoms with Gasteiger partial charge in [0.2, 0.25) is 10.0 Å². The minimum absolute atomic E-state index is 0.0677. The Morgan fingerprint density at radius 1 is 1.32 bits per heavy atom. The maximum Gasteiger partial charge on any atom is 0.238 e. The van der Waals surface area contributed by atoms with Gasteiger partial charge in [-0.2, -0.15) is 0 Å². The predicted molar refractivity (Wildman–Crippen MR) is 75.5 cm³/mol. The van der Waals surface area contributed by atoms with E-state index in [1.807, 2.05) is 19.0 Å². The molecule has 0 heterocycles. The summed E-state index contributed by atoms with van der Waals surface area (Å²) in [6.07, 6.45) is 0. The monoisotopic (exact) mass is 287 g/mol. The Bertz CT molecular complexity index is 510. The van der Waals surface area contributed by atoms with Gasteiger partial charge in [0, 0.05) is 18.8 Å². The number of hydrogen-bond donors (Lipinski definition) is 3. The molecule has 0 bridgehead atoms. The van der Waals surface area contributed by atoms with Gasteiger partial charge < -0.3 is 15.3 Å². The smallest absolute Gasteiger partial charge is 0.238 e. The van der Waals surface area contributed by atoms with E-state index in [-0.39, 0.29) is 4.90 Å². The maximum absolute atomic E-state index is 11.1. The molecule has 7 heteroatoms. The molecule has 0 amide bonds. The van der Waals surface area contributed by atoms with Crippen molar-refractivity contribution in [3.8, 4) is 0 Å². The minimum Gasteiger partial charge on any atom is -0.387 e. The Kier molecular flexibility index (Phi) is 4.92. The molecule has 6 nitrogen and oxygen atoms in total. The number of benzene rings is 1. The molecule has 1 aromatic carbocycles. The van der Waals surface area contributed by atoms with Gasteiger partial charge in [0.15, 0.2) is 0 Å². The number of nitrogens with two attached hydrogens (primary N) is 1. The van der Waals surface area contributed by atoms with E-state index in [4.69, 9.17) is 5.14 Å². The number of aliphatic hydroxyl groups is 1. The van der Waals surface area contributed by atoms with Crippen LogP contribution in [0.1, 0.15) is 6.92 Å². The summed E-state index contributed by atoms with van der Waals surface area (Å²) in [7, 11) is 0.106. The average Bonchev–Trinajstić information content (AvgIpc) is 2.24. The van der Waals surface area contributed by atoms with Crippen molar-refractivity contribution in [2.45, 2.75) is 17.4 Å². The fourth-order valence-electron chi connectivity index (χ4n) is 1.79. The fourth-order valence-corrected chi connectivity index (χ4v) is 2.31. The van der Waals surface area contributed by atoms with Crippen LogP contribution in [0, 0.1) is 0 Å². The molecular formula is C12H21N3O3S. The van der Waals surface area contributed by atoms with Crippen LogP contribution in [0.5, 0.6) is 0 Å². The number of anilines is 1. The molecule has 0 aliphatic carbocycles. The summed E-state index contributed by atoms with van der Waals surface area (Å²) in [6, 6.07) is 6.09. The van der Waals surface area contributed by atoms with Crippen LogP contribution in [0.2, 0.25) is 0 Å².